The number of halogens is 1. The lowest BCUT2D eigenvalue weighted by atomic mass is 10.2. The molecule has 6 heteroatoms. The van der Waals surface area contributed by atoms with Gasteiger partial charge in [0.1, 0.15) is 0 Å². The molecule has 0 unspecified atom stereocenters. The van der Waals surface area contributed by atoms with Crippen LogP contribution in [0.3, 0.4) is 0 Å². The number of hydrogen-bond donors (Lipinski definition) is 0. The number of thioether (sulfide) groups is 1. The second-order valence-corrected chi connectivity index (χ2v) is 6.12. The van der Waals surface area contributed by atoms with Crippen LogP contribution in [0.5, 0.6) is 0 Å². The minimum Gasteiger partial charge on any atom is -0.383 e. The Bertz CT molecular complexity index is 527. The van der Waals surface area contributed by atoms with Gasteiger partial charge in [0, 0.05) is 10.7 Å². The van der Waals surface area contributed by atoms with Crippen molar-refractivity contribution >= 4 is 51.6 Å². The molecule has 1 heterocycles. The number of carbonyl (C=O) groups is 2. The Balaban J connectivity index is 2.16. The first-order chi connectivity index (χ1) is 9.11. The van der Waals surface area contributed by atoms with Crippen molar-refractivity contribution in [2.45, 2.75) is 0 Å². The molecule has 2 amide bonds. The van der Waals surface area contributed by atoms with Gasteiger partial charge in [0.05, 0.1) is 18.1 Å². The maximum absolute atomic E-state index is 12.1. The quantitative estimate of drug-likeness (QED) is 0.587. The van der Waals surface area contributed by atoms with Gasteiger partial charge in [-0.2, -0.15) is 0 Å². The molecule has 4 nitrogen and oxygen atoms in total. The predicted molar refractivity (Wildman–Crippen MR) is 83.7 cm³/mol. The molecular weight excluding hydrogens is 377 g/mol. The summed E-state index contributed by atoms with van der Waals surface area (Å²) >= 11 is 3.19. The summed E-state index contributed by atoms with van der Waals surface area (Å²) in [6.07, 6.45) is 1.74. The summed E-state index contributed by atoms with van der Waals surface area (Å²) in [5, 5.41) is -0.237. The van der Waals surface area contributed by atoms with Gasteiger partial charge in [-0.05, 0) is 58.1 Å². The van der Waals surface area contributed by atoms with Crippen LogP contribution in [-0.2, 0) is 9.53 Å². The van der Waals surface area contributed by atoms with Crippen LogP contribution in [0.2, 0.25) is 0 Å². The first-order valence-electron chi connectivity index (χ1n) is 5.61. The van der Waals surface area contributed by atoms with Crippen LogP contribution in [-0.4, -0.2) is 36.3 Å². The van der Waals surface area contributed by atoms with E-state index in [1.54, 1.807) is 13.2 Å². The van der Waals surface area contributed by atoms with Crippen molar-refractivity contribution in [1.82, 2.24) is 4.90 Å². The second kappa shape index (κ2) is 6.53. The molecule has 0 aliphatic carbocycles. The summed E-state index contributed by atoms with van der Waals surface area (Å²) in [6, 6.07) is 7.76. The summed E-state index contributed by atoms with van der Waals surface area (Å²) < 4.78 is 6.02. The van der Waals surface area contributed by atoms with Crippen molar-refractivity contribution in [2.24, 2.45) is 0 Å². The third-order valence-electron chi connectivity index (χ3n) is 2.56. The molecule has 1 aliphatic rings. The largest absolute Gasteiger partial charge is 0.383 e. The monoisotopic (exact) mass is 389 g/mol. The number of ether oxygens (including phenoxy) is 1. The highest BCUT2D eigenvalue weighted by molar-refractivity contribution is 14.1. The van der Waals surface area contributed by atoms with Crippen LogP contribution in [0.15, 0.2) is 29.2 Å². The Morgan fingerprint density at radius 1 is 1.32 bits per heavy atom. The van der Waals surface area contributed by atoms with Crippen molar-refractivity contribution in [2.75, 3.05) is 20.3 Å². The van der Waals surface area contributed by atoms with E-state index < -0.39 is 0 Å². The zero-order valence-electron chi connectivity index (χ0n) is 10.3. The van der Waals surface area contributed by atoms with E-state index in [1.807, 2.05) is 24.3 Å². The molecule has 0 saturated carbocycles. The van der Waals surface area contributed by atoms with Crippen molar-refractivity contribution < 1.29 is 14.3 Å². The van der Waals surface area contributed by atoms with Crippen molar-refractivity contribution in [3.63, 3.8) is 0 Å². The molecule has 0 spiro atoms. The Hall–Kier alpha value is -0.860. The number of amides is 2. The van der Waals surface area contributed by atoms with E-state index in [2.05, 4.69) is 22.6 Å². The Morgan fingerprint density at radius 3 is 2.63 bits per heavy atom. The molecule has 0 N–H and O–H groups in total. The lowest BCUT2D eigenvalue weighted by Gasteiger charge is -2.10. The highest BCUT2D eigenvalue weighted by Gasteiger charge is 2.34. The molecule has 0 aromatic heterocycles. The Kier molecular flexibility index (Phi) is 5.00. The average molecular weight is 389 g/mol. The molecule has 19 heavy (non-hydrogen) atoms. The molecule has 2 rings (SSSR count). The zero-order chi connectivity index (χ0) is 13.8. The van der Waals surface area contributed by atoms with Crippen LogP contribution < -0.4 is 0 Å². The van der Waals surface area contributed by atoms with Gasteiger partial charge in [0.25, 0.3) is 11.1 Å². The first kappa shape index (κ1) is 14.5. The molecule has 1 aromatic carbocycles. The SMILES string of the molecule is COCCN1C(=O)S/C(=C/c2ccc(I)cc2)C1=O. The van der Waals surface area contributed by atoms with E-state index in [4.69, 9.17) is 4.74 Å². The van der Waals surface area contributed by atoms with E-state index in [-0.39, 0.29) is 11.1 Å². The van der Waals surface area contributed by atoms with Gasteiger partial charge in [-0.25, -0.2) is 0 Å². The average Bonchev–Trinajstić information content (AvgIpc) is 2.65. The summed E-state index contributed by atoms with van der Waals surface area (Å²) in [4.78, 5) is 25.4. The summed E-state index contributed by atoms with van der Waals surface area (Å²) in [7, 11) is 1.54. The predicted octanol–water partition coefficient (Wildman–Crippen LogP) is 2.97. The fourth-order valence-electron chi connectivity index (χ4n) is 1.59. The van der Waals surface area contributed by atoms with E-state index in [0.29, 0.717) is 18.1 Å². The lowest BCUT2D eigenvalue weighted by molar-refractivity contribution is -0.123. The summed E-state index contributed by atoms with van der Waals surface area (Å²) in [6.45, 7) is 0.653. The zero-order valence-corrected chi connectivity index (χ0v) is 13.2. The molecule has 0 atom stereocenters. The van der Waals surface area contributed by atoms with E-state index in [1.165, 1.54) is 4.90 Å². The summed E-state index contributed by atoms with van der Waals surface area (Å²) in [5.41, 5.74) is 0.914. The van der Waals surface area contributed by atoms with Gasteiger partial charge in [-0.15, -0.1) is 0 Å². The van der Waals surface area contributed by atoms with Crippen molar-refractivity contribution in [1.29, 1.82) is 0 Å². The van der Waals surface area contributed by atoms with Crippen LogP contribution in [0.25, 0.3) is 6.08 Å². The van der Waals surface area contributed by atoms with E-state index in [9.17, 15) is 9.59 Å². The van der Waals surface area contributed by atoms with E-state index in [0.717, 1.165) is 20.9 Å². The van der Waals surface area contributed by atoms with Gasteiger partial charge in [-0.3, -0.25) is 14.5 Å². The van der Waals surface area contributed by atoms with Crippen LogP contribution in [0, 0.1) is 3.57 Å². The highest BCUT2D eigenvalue weighted by Crippen LogP contribution is 2.31. The smallest absolute Gasteiger partial charge is 0.293 e. The standard InChI is InChI=1S/C13H12INO3S/c1-18-7-6-15-12(16)11(19-13(15)17)8-9-2-4-10(14)5-3-9/h2-5,8H,6-7H2,1H3/b11-8+. The Labute approximate surface area is 129 Å². The fourth-order valence-corrected chi connectivity index (χ4v) is 2.81. The second-order valence-electron chi connectivity index (χ2n) is 3.88. The summed E-state index contributed by atoms with van der Waals surface area (Å²) in [5.74, 6) is -0.245. The maximum atomic E-state index is 12.1. The van der Waals surface area contributed by atoms with Gasteiger partial charge in [-0.1, -0.05) is 12.1 Å². The number of nitrogens with zero attached hydrogens (tertiary/aromatic N) is 1. The molecule has 1 fully saturated rings. The number of benzene rings is 1. The lowest BCUT2D eigenvalue weighted by Crippen LogP contribution is -2.31. The van der Waals surface area contributed by atoms with Gasteiger partial charge < -0.3 is 4.74 Å². The van der Waals surface area contributed by atoms with Gasteiger partial charge in [0.15, 0.2) is 0 Å². The number of methoxy groups -OCH3 is 1. The minimum atomic E-state index is -0.245. The molecule has 1 saturated heterocycles. The Morgan fingerprint density at radius 2 is 2.00 bits per heavy atom. The molecule has 100 valence electrons. The van der Waals surface area contributed by atoms with E-state index >= 15 is 0 Å². The third-order valence-corrected chi connectivity index (χ3v) is 4.19. The van der Waals surface area contributed by atoms with Crippen molar-refractivity contribution in [3.8, 4) is 0 Å². The number of rotatable bonds is 4. The van der Waals surface area contributed by atoms with Crippen LogP contribution in [0.4, 0.5) is 4.79 Å². The molecule has 0 bridgehead atoms. The normalized spacial score (nSPS) is 17.6. The molecular formula is C13H12INO3S. The fraction of sp³-hybridized carbons (Fsp3) is 0.231. The number of carbonyl (C=O) groups excluding carboxylic acids is 2. The van der Waals surface area contributed by atoms with Gasteiger partial charge in [0.2, 0.25) is 0 Å². The van der Waals surface area contributed by atoms with Crippen LogP contribution >= 0.6 is 34.4 Å². The number of imide groups is 1. The van der Waals surface area contributed by atoms with Crippen LogP contribution in [0.1, 0.15) is 5.56 Å². The molecule has 1 aliphatic heterocycles. The number of hydrogen-bond acceptors (Lipinski definition) is 4. The topological polar surface area (TPSA) is 46.6 Å². The van der Waals surface area contributed by atoms with Gasteiger partial charge >= 0.3 is 0 Å². The molecule has 1 aromatic rings. The first-order valence-corrected chi connectivity index (χ1v) is 7.51. The molecule has 0 radical (unpaired) electrons. The van der Waals surface area contributed by atoms with Crippen molar-refractivity contribution in [3.05, 3.63) is 38.3 Å². The third kappa shape index (κ3) is 3.58. The maximum Gasteiger partial charge on any atom is 0.293 e. The highest BCUT2D eigenvalue weighted by atomic mass is 127. The minimum absolute atomic E-state index is 0.237.